The molecule has 1 amide bonds. The number of carboxylic acids is 1. The summed E-state index contributed by atoms with van der Waals surface area (Å²) in [6.07, 6.45) is 0.834. The van der Waals surface area contributed by atoms with E-state index in [1.54, 1.807) is 24.3 Å². The first-order valence-electron chi connectivity index (χ1n) is 6.98. The van der Waals surface area contributed by atoms with Crippen LogP contribution in [0.15, 0.2) is 24.3 Å². The van der Waals surface area contributed by atoms with Crippen LogP contribution in [0.1, 0.15) is 19.3 Å². The third-order valence-electron chi connectivity index (χ3n) is 3.53. The molecule has 1 fully saturated rings. The molecule has 1 aromatic carbocycles. The van der Waals surface area contributed by atoms with Crippen LogP contribution in [0.3, 0.4) is 0 Å². The maximum atomic E-state index is 12.0. The molecule has 2 N–H and O–H groups in total. The molecule has 120 valence electrons. The van der Waals surface area contributed by atoms with Crippen molar-refractivity contribution in [3.63, 3.8) is 0 Å². The van der Waals surface area contributed by atoms with Gasteiger partial charge in [0.2, 0.25) is 0 Å². The second-order valence-electron chi connectivity index (χ2n) is 5.25. The highest BCUT2D eigenvalue weighted by Gasteiger charge is 2.36. The number of hydrogen-bond donors (Lipinski definition) is 2. The number of nitrogens with one attached hydrogen (secondary N) is 1. The highest BCUT2D eigenvalue weighted by Crippen LogP contribution is 2.24. The Morgan fingerprint density at radius 1 is 1.27 bits per heavy atom. The average Bonchev–Trinajstić information content (AvgIpc) is 2.46. The fourth-order valence-electron chi connectivity index (χ4n) is 2.41. The second kappa shape index (κ2) is 7.47. The number of carbonyl (C=O) groups excluding carboxylic acids is 1. The molecule has 22 heavy (non-hydrogen) atoms. The van der Waals surface area contributed by atoms with Crippen LogP contribution in [0.2, 0.25) is 5.02 Å². The number of hydrogen-bond acceptors (Lipinski definition) is 4. The van der Waals surface area contributed by atoms with E-state index in [1.807, 2.05) is 0 Å². The molecule has 0 aliphatic carbocycles. The van der Waals surface area contributed by atoms with Gasteiger partial charge in [-0.3, -0.25) is 9.59 Å². The minimum atomic E-state index is -0.944. The van der Waals surface area contributed by atoms with Gasteiger partial charge < -0.3 is 19.9 Å². The van der Waals surface area contributed by atoms with E-state index in [0.29, 0.717) is 36.8 Å². The van der Waals surface area contributed by atoms with E-state index in [2.05, 4.69) is 5.32 Å². The zero-order valence-corrected chi connectivity index (χ0v) is 12.8. The van der Waals surface area contributed by atoms with Gasteiger partial charge in [0.05, 0.1) is 12.0 Å². The first kappa shape index (κ1) is 16.6. The summed E-state index contributed by atoms with van der Waals surface area (Å²) < 4.78 is 10.6. The fourth-order valence-corrected chi connectivity index (χ4v) is 2.54. The normalized spacial score (nSPS) is 16.8. The number of carboxylic acid groups (broad SMARTS) is 1. The number of rotatable bonds is 6. The monoisotopic (exact) mass is 327 g/mol. The lowest BCUT2D eigenvalue weighted by Crippen LogP contribution is -2.54. The van der Waals surface area contributed by atoms with Gasteiger partial charge in [-0.05, 0) is 37.1 Å². The van der Waals surface area contributed by atoms with E-state index in [-0.39, 0.29) is 18.9 Å². The topological polar surface area (TPSA) is 84.9 Å². The maximum absolute atomic E-state index is 12.0. The van der Waals surface area contributed by atoms with Gasteiger partial charge in [0, 0.05) is 18.2 Å². The molecular weight excluding hydrogens is 310 g/mol. The second-order valence-corrected chi connectivity index (χ2v) is 5.69. The molecule has 6 nitrogen and oxygen atoms in total. The Labute approximate surface area is 133 Å². The van der Waals surface area contributed by atoms with Crippen molar-refractivity contribution >= 4 is 23.5 Å². The fraction of sp³-hybridized carbons (Fsp3) is 0.467. The van der Waals surface area contributed by atoms with Gasteiger partial charge in [-0.15, -0.1) is 0 Å². The Kier molecular flexibility index (Phi) is 5.63. The van der Waals surface area contributed by atoms with E-state index >= 15 is 0 Å². The van der Waals surface area contributed by atoms with Gasteiger partial charge in [-0.25, -0.2) is 0 Å². The first-order valence-corrected chi connectivity index (χ1v) is 7.36. The SMILES string of the molecule is O=C(O)CC1(NC(=O)COc2ccc(Cl)cc2)CCOCC1. The summed E-state index contributed by atoms with van der Waals surface area (Å²) in [7, 11) is 0. The summed E-state index contributed by atoms with van der Waals surface area (Å²) in [6.45, 7) is 0.695. The summed E-state index contributed by atoms with van der Waals surface area (Å²) in [6, 6.07) is 6.66. The van der Waals surface area contributed by atoms with Crippen LogP contribution in [0.5, 0.6) is 5.75 Å². The van der Waals surface area contributed by atoms with Gasteiger partial charge in [0.15, 0.2) is 6.61 Å². The van der Waals surface area contributed by atoms with Crippen molar-refractivity contribution in [2.45, 2.75) is 24.8 Å². The predicted octanol–water partition coefficient (Wildman–Crippen LogP) is 1.86. The van der Waals surface area contributed by atoms with Crippen LogP contribution in [0.4, 0.5) is 0 Å². The quantitative estimate of drug-likeness (QED) is 0.833. The highest BCUT2D eigenvalue weighted by atomic mass is 35.5. The lowest BCUT2D eigenvalue weighted by Gasteiger charge is -2.36. The molecule has 0 aromatic heterocycles. The maximum Gasteiger partial charge on any atom is 0.305 e. The van der Waals surface area contributed by atoms with Gasteiger partial charge in [-0.2, -0.15) is 0 Å². The van der Waals surface area contributed by atoms with Crippen molar-refractivity contribution in [3.05, 3.63) is 29.3 Å². The molecule has 0 unspecified atom stereocenters. The smallest absolute Gasteiger partial charge is 0.305 e. The lowest BCUT2D eigenvalue weighted by molar-refractivity contribution is -0.140. The highest BCUT2D eigenvalue weighted by molar-refractivity contribution is 6.30. The summed E-state index contributed by atoms with van der Waals surface area (Å²) in [5.74, 6) is -0.766. The minimum absolute atomic E-state index is 0.122. The molecule has 0 atom stereocenters. The minimum Gasteiger partial charge on any atom is -0.484 e. The third-order valence-corrected chi connectivity index (χ3v) is 3.78. The molecule has 1 aliphatic heterocycles. The van der Waals surface area contributed by atoms with Gasteiger partial charge in [0.1, 0.15) is 5.75 Å². The third kappa shape index (κ3) is 4.89. The number of amides is 1. The van der Waals surface area contributed by atoms with Crippen molar-refractivity contribution < 1.29 is 24.2 Å². The van der Waals surface area contributed by atoms with Crippen LogP contribution in [0.25, 0.3) is 0 Å². The molecular formula is C15H18ClNO5. The molecule has 1 aromatic rings. The molecule has 7 heteroatoms. The summed E-state index contributed by atoms with van der Waals surface area (Å²) in [5, 5.41) is 12.4. The Morgan fingerprint density at radius 3 is 2.50 bits per heavy atom. The Balaban J connectivity index is 1.90. The number of benzene rings is 1. The number of carbonyl (C=O) groups is 2. The molecule has 0 saturated carbocycles. The van der Waals surface area contributed by atoms with Crippen LogP contribution in [-0.4, -0.2) is 42.3 Å². The summed E-state index contributed by atoms with van der Waals surface area (Å²) >= 11 is 5.77. The standard InChI is InChI=1S/C15H18ClNO5/c16-11-1-3-12(4-2-11)22-10-13(18)17-15(9-14(19)20)5-7-21-8-6-15/h1-4H,5-10H2,(H,17,18)(H,19,20). The van der Waals surface area contributed by atoms with Crippen LogP contribution in [0, 0.1) is 0 Å². The van der Waals surface area contributed by atoms with Crippen LogP contribution in [-0.2, 0) is 14.3 Å². The van der Waals surface area contributed by atoms with Gasteiger partial charge in [0.25, 0.3) is 5.91 Å². The first-order chi connectivity index (χ1) is 10.5. The predicted molar refractivity (Wildman–Crippen MR) is 80.1 cm³/mol. The largest absolute Gasteiger partial charge is 0.484 e. The van der Waals surface area contributed by atoms with E-state index in [4.69, 9.17) is 26.2 Å². The summed E-state index contributed by atoms with van der Waals surface area (Å²) in [4.78, 5) is 23.1. The Hall–Kier alpha value is -1.79. The lowest BCUT2D eigenvalue weighted by atomic mass is 9.86. The van der Waals surface area contributed by atoms with E-state index in [0.717, 1.165) is 0 Å². The molecule has 2 rings (SSSR count). The van der Waals surface area contributed by atoms with Crippen molar-refractivity contribution in [1.29, 1.82) is 0 Å². The molecule has 1 aliphatic rings. The van der Waals surface area contributed by atoms with E-state index in [9.17, 15) is 9.59 Å². The number of halogens is 1. The van der Waals surface area contributed by atoms with Crippen molar-refractivity contribution in [2.24, 2.45) is 0 Å². The number of ether oxygens (including phenoxy) is 2. The number of aliphatic carboxylic acids is 1. The van der Waals surface area contributed by atoms with E-state index < -0.39 is 11.5 Å². The van der Waals surface area contributed by atoms with E-state index in [1.165, 1.54) is 0 Å². The van der Waals surface area contributed by atoms with Crippen molar-refractivity contribution in [1.82, 2.24) is 5.32 Å². The summed E-state index contributed by atoms with van der Waals surface area (Å²) in [5.41, 5.74) is -0.759. The molecule has 1 saturated heterocycles. The van der Waals surface area contributed by atoms with Crippen molar-refractivity contribution in [2.75, 3.05) is 19.8 Å². The van der Waals surface area contributed by atoms with Gasteiger partial charge in [-0.1, -0.05) is 11.6 Å². The zero-order valence-electron chi connectivity index (χ0n) is 12.0. The Morgan fingerprint density at radius 2 is 1.91 bits per heavy atom. The Bertz CT molecular complexity index is 525. The van der Waals surface area contributed by atoms with Crippen molar-refractivity contribution in [3.8, 4) is 5.75 Å². The van der Waals surface area contributed by atoms with Gasteiger partial charge >= 0.3 is 5.97 Å². The average molecular weight is 328 g/mol. The molecule has 1 heterocycles. The molecule has 0 radical (unpaired) electrons. The van der Waals surface area contributed by atoms with Crippen LogP contribution < -0.4 is 10.1 Å². The molecule has 0 bridgehead atoms. The molecule has 0 spiro atoms. The zero-order chi connectivity index (χ0) is 16.0. The van der Waals surface area contributed by atoms with Crippen LogP contribution >= 0.6 is 11.6 Å².